The lowest BCUT2D eigenvalue weighted by molar-refractivity contribution is 1.37. The molecule has 2 rings (SSSR count). The third-order valence-corrected chi connectivity index (χ3v) is 2.95. The first-order valence-electron chi connectivity index (χ1n) is 4.65. The zero-order valence-electron chi connectivity index (χ0n) is 8.63. The van der Waals surface area contributed by atoms with Gasteiger partial charge in [0.1, 0.15) is 0 Å². The number of hydrogen-bond acceptors (Lipinski definition) is 3. The molecule has 0 amide bonds. The Bertz CT molecular complexity index is 523. The van der Waals surface area contributed by atoms with Crippen LogP contribution in [0.15, 0.2) is 22.8 Å². The van der Waals surface area contributed by atoms with Crippen molar-refractivity contribution in [3.63, 3.8) is 0 Å². The number of nitrogens with two attached hydrogens (primary N) is 1. The topological polar surface area (TPSA) is 50.9 Å². The minimum atomic E-state index is 0.669. The molecule has 78 valence electrons. The summed E-state index contributed by atoms with van der Waals surface area (Å²) >= 11 is 3.50. The molecule has 2 aromatic rings. The molecule has 0 saturated carbocycles. The standard InChI is InChI=1S/C11H12BrN3/c1-6-3-7-10(8(12)4-6)15-5-9(13)11(7)14-2/h3-5H,13H2,1-2H3,(H,14,15). The van der Waals surface area contributed by atoms with Crippen LogP contribution in [0.5, 0.6) is 0 Å². The van der Waals surface area contributed by atoms with Crippen molar-refractivity contribution in [2.45, 2.75) is 6.92 Å². The summed E-state index contributed by atoms with van der Waals surface area (Å²) in [5, 5.41) is 4.15. The van der Waals surface area contributed by atoms with Gasteiger partial charge in [0.25, 0.3) is 0 Å². The highest BCUT2D eigenvalue weighted by molar-refractivity contribution is 9.10. The van der Waals surface area contributed by atoms with E-state index < -0.39 is 0 Å². The van der Waals surface area contributed by atoms with Crippen LogP contribution in [0.4, 0.5) is 11.4 Å². The predicted molar refractivity (Wildman–Crippen MR) is 68.1 cm³/mol. The Kier molecular flexibility index (Phi) is 2.52. The van der Waals surface area contributed by atoms with Crippen LogP contribution in [0.25, 0.3) is 10.9 Å². The van der Waals surface area contributed by atoms with Crippen LogP contribution < -0.4 is 11.1 Å². The molecule has 0 fully saturated rings. The van der Waals surface area contributed by atoms with Gasteiger partial charge in [0.05, 0.1) is 23.1 Å². The average Bonchev–Trinajstić information content (AvgIpc) is 2.17. The number of aromatic nitrogens is 1. The number of benzene rings is 1. The first kappa shape index (κ1) is 10.2. The lowest BCUT2D eigenvalue weighted by Gasteiger charge is -2.10. The summed E-state index contributed by atoms with van der Waals surface area (Å²) in [5.74, 6) is 0. The maximum absolute atomic E-state index is 5.86. The van der Waals surface area contributed by atoms with E-state index in [4.69, 9.17) is 5.73 Å². The molecular formula is C11H12BrN3. The normalized spacial score (nSPS) is 10.6. The highest BCUT2D eigenvalue weighted by atomic mass is 79.9. The number of nitrogen functional groups attached to an aromatic ring is 1. The van der Waals surface area contributed by atoms with E-state index in [0.717, 1.165) is 21.1 Å². The summed E-state index contributed by atoms with van der Waals surface area (Å²) < 4.78 is 0.994. The van der Waals surface area contributed by atoms with Crippen molar-refractivity contribution in [1.82, 2.24) is 4.98 Å². The molecule has 0 atom stereocenters. The summed E-state index contributed by atoms with van der Waals surface area (Å²) in [6.45, 7) is 2.05. The van der Waals surface area contributed by atoms with Crippen molar-refractivity contribution in [3.8, 4) is 0 Å². The van der Waals surface area contributed by atoms with Crippen LogP contribution in [0, 0.1) is 6.92 Å². The van der Waals surface area contributed by atoms with E-state index in [9.17, 15) is 0 Å². The minimum absolute atomic E-state index is 0.669. The number of nitrogens with zero attached hydrogens (tertiary/aromatic N) is 1. The summed E-state index contributed by atoms with van der Waals surface area (Å²) in [6, 6.07) is 4.13. The predicted octanol–water partition coefficient (Wildman–Crippen LogP) is 2.93. The molecule has 3 N–H and O–H groups in total. The summed E-state index contributed by atoms with van der Waals surface area (Å²) in [6.07, 6.45) is 1.67. The van der Waals surface area contributed by atoms with Gasteiger partial charge in [-0.25, -0.2) is 0 Å². The number of anilines is 2. The highest BCUT2D eigenvalue weighted by Crippen LogP contribution is 2.32. The third kappa shape index (κ3) is 1.65. The maximum atomic E-state index is 5.86. The van der Waals surface area contributed by atoms with Crippen molar-refractivity contribution < 1.29 is 0 Å². The zero-order valence-corrected chi connectivity index (χ0v) is 10.2. The Morgan fingerprint density at radius 3 is 2.80 bits per heavy atom. The minimum Gasteiger partial charge on any atom is -0.396 e. The van der Waals surface area contributed by atoms with Crippen LogP contribution in [-0.2, 0) is 0 Å². The van der Waals surface area contributed by atoms with Crippen molar-refractivity contribution in [3.05, 3.63) is 28.4 Å². The van der Waals surface area contributed by atoms with Crippen molar-refractivity contribution >= 4 is 38.2 Å². The number of rotatable bonds is 1. The van der Waals surface area contributed by atoms with Gasteiger partial charge in [0.2, 0.25) is 0 Å². The van der Waals surface area contributed by atoms with Gasteiger partial charge in [0, 0.05) is 16.9 Å². The molecule has 15 heavy (non-hydrogen) atoms. The first-order valence-corrected chi connectivity index (χ1v) is 5.45. The maximum Gasteiger partial charge on any atom is 0.0866 e. The Morgan fingerprint density at radius 2 is 2.13 bits per heavy atom. The molecule has 0 aliphatic rings. The Hall–Kier alpha value is -1.29. The van der Waals surface area contributed by atoms with Crippen LogP contribution in [0.1, 0.15) is 5.56 Å². The number of hydrogen-bond donors (Lipinski definition) is 2. The largest absolute Gasteiger partial charge is 0.396 e. The molecule has 1 aromatic heterocycles. The van der Waals surface area contributed by atoms with E-state index in [1.165, 1.54) is 5.56 Å². The fourth-order valence-corrected chi connectivity index (χ4v) is 2.37. The molecule has 1 aromatic carbocycles. The molecule has 0 aliphatic heterocycles. The van der Waals surface area contributed by atoms with Crippen LogP contribution in [0.2, 0.25) is 0 Å². The Balaban J connectivity index is 2.91. The second-order valence-corrected chi connectivity index (χ2v) is 4.34. The summed E-state index contributed by atoms with van der Waals surface area (Å²) in [7, 11) is 1.86. The molecule has 0 radical (unpaired) electrons. The molecule has 0 bridgehead atoms. The molecule has 0 aliphatic carbocycles. The van der Waals surface area contributed by atoms with E-state index in [1.807, 2.05) is 20.0 Å². The first-order chi connectivity index (χ1) is 7.13. The number of aryl methyl sites for hydroxylation is 1. The highest BCUT2D eigenvalue weighted by Gasteiger charge is 2.08. The van der Waals surface area contributed by atoms with Gasteiger partial charge in [-0.05, 0) is 40.5 Å². The van der Waals surface area contributed by atoms with Gasteiger partial charge in [0.15, 0.2) is 0 Å². The van der Waals surface area contributed by atoms with Gasteiger partial charge < -0.3 is 11.1 Å². The summed E-state index contributed by atoms with van der Waals surface area (Å²) in [5.41, 5.74) is 9.57. The van der Waals surface area contributed by atoms with Crippen molar-refractivity contribution in [2.24, 2.45) is 0 Å². The van der Waals surface area contributed by atoms with Crippen LogP contribution >= 0.6 is 15.9 Å². The van der Waals surface area contributed by atoms with E-state index in [-0.39, 0.29) is 0 Å². The van der Waals surface area contributed by atoms with Gasteiger partial charge >= 0.3 is 0 Å². The molecule has 0 spiro atoms. The third-order valence-electron chi connectivity index (χ3n) is 2.35. The zero-order chi connectivity index (χ0) is 11.0. The Morgan fingerprint density at radius 1 is 1.40 bits per heavy atom. The van der Waals surface area contributed by atoms with Crippen molar-refractivity contribution in [1.29, 1.82) is 0 Å². The molecule has 4 heteroatoms. The van der Waals surface area contributed by atoms with E-state index in [0.29, 0.717) is 5.69 Å². The smallest absolute Gasteiger partial charge is 0.0866 e. The van der Waals surface area contributed by atoms with E-state index in [2.05, 4.69) is 32.3 Å². The molecule has 0 saturated heterocycles. The van der Waals surface area contributed by atoms with Gasteiger partial charge in [-0.15, -0.1) is 0 Å². The fraction of sp³-hybridized carbons (Fsp3) is 0.182. The lowest BCUT2D eigenvalue weighted by atomic mass is 10.1. The second-order valence-electron chi connectivity index (χ2n) is 3.48. The number of nitrogens with one attached hydrogen (secondary N) is 1. The van der Waals surface area contributed by atoms with E-state index >= 15 is 0 Å². The SMILES string of the molecule is CNc1c(N)cnc2c(Br)cc(C)cc12. The number of pyridine rings is 1. The second kappa shape index (κ2) is 3.70. The van der Waals surface area contributed by atoms with E-state index in [1.54, 1.807) is 6.20 Å². The number of halogens is 1. The summed E-state index contributed by atoms with van der Waals surface area (Å²) in [4.78, 5) is 4.32. The average molecular weight is 266 g/mol. The quantitative estimate of drug-likeness (QED) is 0.834. The lowest BCUT2D eigenvalue weighted by Crippen LogP contribution is -1.98. The van der Waals surface area contributed by atoms with Crippen molar-refractivity contribution in [2.75, 3.05) is 18.1 Å². The number of fused-ring (bicyclic) bond motifs is 1. The fourth-order valence-electron chi connectivity index (χ4n) is 1.69. The van der Waals surface area contributed by atoms with Gasteiger partial charge in [-0.1, -0.05) is 0 Å². The van der Waals surface area contributed by atoms with Crippen LogP contribution in [-0.4, -0.2) is 12.0 Å². The molecule has 1 heterocycles. The monoisotopic (exact) mass is 265 g/mol. The molecule has 0 unspecified atom stereocenters. The van der Waals surface area contributed by atoms with Crippen LogP contribution in [0.3, 0.4) is 0 Å². The molecule has 3 nitrogen and oxygen atoms in total. The van der Waals surface area contributed by atoms with Gasteiger partial charge in [-0.3, -0.25) is 4.98 Å². The molecular weight excluding hydrogens is 254 g/mol. The van der Waals surface area contributed by atoms with Gasteiger partial charge in [-0.2, -0.15) is 0 Å². The Labute approximate surface area is 96.8 Å².